The fourth-order valence-corrected chi connectivity index (χ4v) is 4.47. The van der Waals surface area contributed by atoms with E-state index in [1.54, 1.807) is 20.8 Å². The van der Waals surface area contributed by atoms with Gasteiger partial charge >= 0.3 is 0 Å². The molecule has 5 amide bonds. The molecular weight excluding hydrogens is 444 g/mol. The zero-order valence-electron chi connectivity index (χ0n) is 20.5. The average Bonchev–Trinajstić information content (AvgIpc) is 3.02. The quantitative estimate of drug-likeness (QED) is 0.178. The largest absolute Gasteiger partial charge is 0.354 e. The summed E-state index contributed by atoms with van der Waals surface area (Å²) in [5.74, 6) is -2.93. The molecule has 0 aromatic rings. The molecule has 1 aliphatic heterocycles. The summed E-state index contributed by atoms with van der Waals surface area (Å²) in [6.07, 6.45) is 3.05. The fraction of sp³-hybridized carbons (Fsp3) is 0.636. The van der Waals surface area contributed by atoms with Crippen molar-refractivity contribution in [3.05, 3.63) is 12.2 Å². The molecule has 3 atom stereocenters. The Labute approximate surface area is 196 Å². The van der Waals surface area contributed by atoms with Gasteiger partial charge in [0.25, 0.3) is 11.8 Å². The summed E-state index contributed by atoms with van der Waals surface area (Å²) >= 11 is 0. The molecule has 10 nitrogen and oxygen atoms in total. The second kappa shape index (κ2) is 11.9. The van der Waals surface area contributed by atoms with Crippen LogP contribution in [0.15, 0.2) is 12.2 Å². The minimum atomic E-state index is -1.95. The van der Waals surface area contributed by atoms with Crippen LogP contribution in [0.5, 0.6) is 0 Å². The van der Waals surface area contributed by atoms with Gasteiger partial charge in [-0.25, -0.2) is 0 Å². The molecule has 1 heterocycles. The number of amides is 5. The third kappa shape index (κ3) is 7.62. The lowest BCUT2D eigenvalue weighted by atomic mass is 10.0. The van der Waals surface area contributed by atoms with Gasteiger partial charge in [-0.05, 0) is 19.8 Å². The smallest absolute Gasteiger partial charge is 0.254 e. The minimum absolute atomic E-state index is 0.170. The minimum Gasteiger partial charge on any atom is -0.354 e. The topological polar surface area (TPSA) is 133 Å². The standard InChI is InChI=1S/C22H36N4O6Si/c1-14(2)20(24-17(28)13-25-18(29)9-10-19(25)30)22(32)26(16(4)33(5,6)7)15(3)21(31)23-11-8-12-27/h9-10,12,14-16,20H,8,11,13H2,1-7H3,(H,23,31)(H,24,28)/t15-,16?,20-/m0/s1. The first-order chi connectivity index (χ1) is 15.2. The Morgan fingerprint density at radius 1 is 1.06 bits per heavy atom. The van der Waals surface area contributed by atoms with Gasteiger partial charge in [0.15, 0.2) is 0 Å². The van der Waals surface area contributed by atoms with Crippen LogP contribution in [0, 0.1) is 5.92 Å². The molecule has 2 N–H and O–H groups in total. The molecule has 0 fully saturated rings. The van der Waals surface area contributed by atoms with E-state index in [0.717, 1.165) is 17.1 Å². The monoisotopic (exact) mass is 480 g/mol. The summed E-state index contributed by atoms with van der Waals surface area (Å²) < 4.78 is 0. The van der Waals surface area contributed by atoms with Gasteiger partial charge in [-0.15, -0.1) is 0 Å². The van der Waals surface area contributed by atoms with Crippen LogP contribution in [0.1, 0.15) is 34.1 Å². The van der Waals surface area contributed by atoms with Crippen molar-refractivity contribution in [2.45, 2.75) is 71.5 Å². The van der Waals surface area contributed by atoms with E-state index in [9.17, 15) is 28.8 Å². The van der Waals surface area contributed by atoms with Gasteiger partial charge in [-0.1, -0.05) is 33.5 Å². The molecule has 0 aromatic heterocycles. The summed E-state index contributed by atoms with van der Waals surface area (Å²) in [6.45, 7) is 13.0. The molecule has 184 valence electrons. The average molecular weight is 481 g/mol. The Kier molecular flexibility index (Phi) is 10.1. The molecule has 1 aliphatic rings. The van der Waals surface area contributed by atoms with Gasteiger partial charge in [0, 0.05) is 30.8 Å². The van der Waals surface area contributed by atoms with Crippen LogP contribution >= 0.6 is 0 Å². The first kappa shape index (κ1) is 28.2. The number of carbonyl (C=O) groups excluding carboxylic acids is 6. The predicted octanol–water partition coefficient (Wildman–Crippen LogP) is 0.240. The summed E-state index contributed by atoms with van der Waals surface area (Å²) in [6, 6.07) is -1.78. The molecule has 1 rings (SSSR count). The first-order valence-electron chi connectivity index (χ1n) is 11.1. The Hall–Kier alpha value is -2.82. The summed E-state index contributed by atoms with van der Waals surface area (Å²) in [7, 11) is -1.95. The van der Waals surface area contributed by atoms with Crippen molar-refractivity contribution in [3.63, 3.8) is 0 Å². The molecule has 0 aliphatic carbocycles. The molecule has 0 radical (unpaired) electrons. The van der Waals surface area contributed by atoms with Crippen LogP contribution in [0.3, 0.4) is 0 Å². The van der Waals surface area contributed by atoms with E-state index >= 15 is 0 Å². The van der Waals surface area contributed by atoms with Gasteiger partial charge < -0.3 is 20.3 Å². The molecule has 0 spiro atoms. The Morgan fingerprint density at radius 2 is 1.61 bits per heavy atom. The van der Waals surface area contributed by atoms with Crippen LogP contribution in [-0.4, -0.2) is 84.5 Å². The van der Waals surface area contributed by atoms with E-state index in [4.69, 9.17) is 0 Å². The van der Waals surface area contributed by atoms with Crippen LogP contribution in [0.4, 0.5) is 0 Å². The van der Waals surface area contributed by atoms with E-state index in [0.29, 0.717) is 6.29 Å². The molecule has 0 saturated heterocycles. The number of aldehydes is 1. The molecular formula is C22H36N4O6Si. The van der Waals surface area contributed by atoms with Crippen molar-refractivity contribution < 1.29 is 28.8 Å². The second-order valence-corrected chi connectivity index (χ2v) is 15.2. The number of hydrogen-bond acceptors (Lipinski definition) is 6. The van der Waals surface area contributed by atoms with E-state index in [2.05, 4.69) is 30.3 Å². The number of rotatable bonds is 12. The van der Waals surface area contributed by atoms with Crippen LogP contribution in [0.2, 0.25) is 19.6 Å². The zero-order valence-corrected chi connectivity index (χ0v) is 21.5. The molecule has 0 bridgehead atoms. The maximum absolute atomic E-state index is 13.7. The van der Waals surface area contributed by atoms with E-state index < -0.39 is 50.3 Å². The van der Waals surface area contributed by atoms with Crippen molar-refractivity contribution in [1.29, 1.82) is 0 Å². The van der Waals surface area contributed by atoms with Gasteiger partial charge in [0.1, 0.15) is 24.9 Å². The van der Waals surface area contributed by atoms with Crippen molar-refractivity contribution >= 4 is 43.9 Å². The van der Waals surface area contributed by atoms with Gasteiger partial charge in [-0.2, -0.15) is 0 Å². The number of nitrogens with zero attached hydrogens (tertiary/aromatic N) is 2. The number of imide groups is 1. The normalized spacial score (nSPS) is 16.4. The zero-order chi connectivity index (χ0) is 25.5. The number of hydrogen-bond donors (Lipinski definition) is 2. The highest BCUT2D eigenvalue weighted by Gasteiger charge is 2.41. The van der Waals surface area contributed by atoms with Gasteiger partial charge in [0.2, 0.25) is 17.7 Å². The van der Waals surface area contributed by atoms with Crippen LogP contribution < -0.4 is 10.6 Å². The van der Waals surface area contributed by atoms with Crippen molar-refractivity contribution in [2.75, 3.05) is 13.1 Å². The highest BCUT2D eigenvalue weighted by Crippen LogP contribution is 2.21. The van der Waals surface area contributed by atoms with Crippen LogP contribution in [-0.2, 0) is 28.8 Å². The van der Waals surface area contributed by atoms with Gasteiger partial charge in [0.05, 0.1) is 8.07 Å². The fourth-order valence-electron chi connectivity index (χ4n) is 3.29. The number of nitrogens with one attached hydrogen (secondary N) is 2. The molecule has 0 aromatic carbocycles. The summed E-state index contributed by atoms with van der Waals surface area (Å²) in [5, 5.41) is 5.32. The lowest BCUT2D eigenvalue weighted by molar-refractivity contribution is -0.145. The molecule has 1 unspecified atom stereocenters. The second-order valence-electron chi connectivity index (χ2n) is 9.60. The maximum Gasteiger partial charge on any atom is 0.254 e. The number of carbonyl (C=O) groups is 6. The van der Waals surface area contributed by atoms with Crippen molar-refractivity contribution in [3.8, 4) is 0 Å². The molecule has 33 heavy (non-hydrogen) atoms. The summed E-state index contributed by atoms with van der Waals surface area (Å²) in [5.41, 5.74) is -0.235. The van der Waals surface area contributed by atoms with E-state index in [1.807, 2.05) is 6.92 Å². The van der Waals surface area contributed by atoms with E-state index in [1.165, 1.54) is 4.90 Å². The maximum atomic E-state index is 13.7. The molecule has 11 heteroatoms. The third-order valence-electron chi connectivity index (χ3n) is 5.73. The van der Waals surface area contributed by atoms with Crippen molar-refractivity contribution in [1.82, 2.24) is 20.4 Å². The van der Waals surface area contributed by atoms with Gasteiger partial charge in [-0.3, -0.25) is 28.9 Å². The Bertz CT molecular complexity index is 802. The molecule has 0 saturated carbocycles. The SMILES string of the molecule is CC(C)[C@H](NC(=O)CN1C(=O)C=CC1=O)C(=O)N(C(C)[Si](C)(C)C)[C@@H](C)C(=O)NCCC=O. The summed E-state index contributed by atoms with van der Waals surface area (Å²) in [4.78, 5) is 75.4. The highest BCUT2D eigenvalue weighted by molar-refractivity contribution is 6.77. The highest BCUT2D eigenvalue weighted by atomic mass is 28.3. The van der Waals surface area contributed by atoms with Crippen molar-refractivity contribution in [2.24, 2.45) is 5.92 Å². The first-order valence-corrected chi connectivity index (χ1v) is 14.7. The van der Waals surface area contributed by atoms with E-state index in [-0.39, 0.29) is 30.5 Å². The lowest BCUT2D eigenvalue weighted by Crippen LogP contribution is -2.63. The lowest BCUT2D eigenvalue weighted by Gasteiger charge is -2.42. The Morgan fingerprint density at radius 3 is 2.06 bits per heavy atom. The third-order valence-corrected chi connectivity index (χ3v) is 8.52. The Balaban J connectivity index is 3.12. The predicted molar refractivity (Wildman–Crippen MR) is 125 cm³/mol. The van der Waals surface area contributed by atoms with Crippen LogP contribution in [0.25, 0.3) is 0 Å².